The van der Waals surface area contributed by atoms with Crippen molar-refractivity contribution in [3.8, 4) is 0 Å². The molecule has 0 amide bonds. The fraction of sp³-hybridized carbons (Fsp3) is 0.250. The number of para-hydroxylation sites is 1. The largest absolute Gasteiger partial charge is 0.435 e. The Morgan fingerprint density at radius 2 is 1.81 bits per heavy atom. The highest BCUT2D eigenvalue weighted by Crippen LogP contribution is 2.42. The molecule has 5 rings (SSSR count). The first-order valence-electron chi connectivity index (χ1n) is 8.77. The van der Waals surface area contributed by atoms with Gasteiger partial charge in [-0.1, -0.05) is 12.1 Å². The molecule has 6 heteroatoms. The van der Waals surface area contributed by atoms with E-state index in [2.05, 4.69) is 62.9 Å². The lowest BCUT2D eigenvalue weighted by Crippen LogP contribution is -2.33. The molecule has 6 nitrogen and oxygen atoms in total. The molecule has 0 spiro atoms. The normalized spacial score (nSPS) is 14.0. The number of aromatic nitrogens is 3. The van der Waals surface area contributed by atoms with Gasteiger partial charge < -0.3 is 14.2 Å². The highest BCUT2D eigenvalue weighted by molar-refractivity contribution is 6.08. The summed E-state index contributed by atoms with van der Waals surface area (Å²) in [6, 6.07) is 10.6. The number of aryl methyl sites for hydroxylation is 1. The van der Waals surface area contributed by atoms with Crippen LogP contribution in [0.2, 0.25) is 0 Å². The van der Waals surface area contributed by atoms with E-state index < -0.39 is 0 Å². The van der Waals surface area contributed by atoms with Gasteiger partial charge in [0.2, 0.25) is 5.71 Å². The lowest BCUT2D eigenvalue weighted by molar-refractivity contribution is 0.650. The predicted octanol–water partition coefficient (Wildman–Crippen LogP) is 4.40. The van der Waals surface area contributed by atoms with Crippen molar-refractivity contribution >= 4 is 39.4 Å². The molecule has 0 unspecified atom stereocenters. The molecule has 0 fully saturated rings. The molecule has 4 aromatic rings. The van der Waals surface area contributed by atoms with Gasteiger partial charge in [-0.05, 0) is 39.0 Å². The van der Waals surface area contributed by atoms with E-state index in [1.165, 1.54) is 0 Å². The van der Waals surface area contributed by atoms with Crippen LogP contribution in [0, 0.1) is 6.92 Å². The van der Waals surface area contributed by atoms with E-state index in [9.17, 15) is 0 Å². The van der Waals surface area contributed by atoms with Gasteiger partial charge in [0.25, 0.3) is 0 Å². The fourth-order valence-electron chi connectivity index (χ4n) is 3.57. The van der Waals surface area contributed by atoms with E-state index in [0.29, 0.717) is 18.4 Å². The second kappa shape index (κ2) is 5.42. The second-order valence-electron chi connectivity index (χ2n) is 6.90. The molecule has 1 aliphatic rings. The molecule has 130 valence electrons. The summed E-state index contributed by atoms with van der Waals surface area (Å²) in [6.45, 7) is 6.99. The Hall–Kier alpha value is -3.15. The molecule has 0 saturated carbocycles. The van der Waals surface area contributed by atoms with Gasteiger partial charge in [0, 0.05) is 34.9 Å². The van der Waals surface area contributed by atoms with Gasteiger partial charge in [0.15, 0.2) is 17.2 Å². The monoisotopic (exact) mass is 345 g/mol. The number of fused-ring (bicyclic) bond motifs is 4. The molecule has 3 aromatic heterocycles. The van der Waals surface area contributed by atoms with E-state index in [0.717, 1.165) is 39.4 Å². The third-order valence-corrected chi connectivity index (χ3v) is 4.88. The lowest BCUT2D eigenvalue weighted by Gasteiger charge is -2.23. The van der Waals surface area contributed by atoms with Crippen molar-refractivity contribution in [2.45, 2.75) is 26.8 Å². The summed E-state index contributed by atoms with van der Waals surface area (Å²) in [6.07, 6.45) is 3.48. The number of hydrogen-bond donors (Lipinski definition) is 0. The van der Waals surface area contributed by atoms with Crippen LogP contribution in [0.5, 0.6) is 0 Å². The Bertz CT molecular complexity index is 1130. The van der Waals surface area contributed by atoms with Crippen LogP contribution < -0.4 is 9.80 Å². The average Bonchev–Trinajstić information content (AvgIpc) is 3.19. The van der Waals surface area contributed by atoms with Crippen molar-refractivity contribution in [1.29, 1.82) is 0 Å². The zero-order chi connectivity index (χ0) is 17.8. The molecule has 1 aromatic carbocycles. The van der Waals surface area contributed by atoms with Crippen LogP contribution in [0.3, 0.4) is 0 Å². The molecule has 0 radical (unpaired) electrons. The summed E-state index contributed by atoms with van der Waals surface area (Å²) in [5, 5.41) is 2.10. The Morgan fingerprint density at radius 1 is 1.00 bits per heavy atom. The molecular weight excluding hydrogens is 326 g/mol. The van der Waals surface area contributed by atoms with Gasteiger partial charge in [0.05, 0.1) is 12.4 Å². The Morgan fingerprint density at radius 3 is 2.62 bits per heavy atom. The number of rotatable bonds is 2. The second-order valence-corrected chi connectivity index (χ2v) is 6.90. The summed E-state index contributed by atoms with van der Waals surface area (Å²) in [7, 11) is 0. The maximum atomic E-state index is 6.17. The standard InChI is InChI=1S/C20H19N5O/c1-12(2)24-11-25(19-18(24)21-9-10-22-19)16-6-4-5-14-15-8-7-13(3)23-20(15)26-17(14)16/h4-10,12H,11H2,1-3H3. The molecule has 0 saturated heterocycles. The molecule has 26 heavy (non-hydrogen) atoms. The molecule has 4 heterocycles. The van der Waals surface area contributed by atoms with Crippen LogP contribution in [-0.4, -0.2) is 27.7 Å². The van der Waals surface area contributed by atoms with E-state index in [1.807, 2.05) is 13.0 Å². The average molecular weight is 345 g/mol. The minimum Gasteiger partial charge on any atom is -0.435 e. The highest BCUT2D eigenvalue weighted by Gasteiger charge is 2.32. The van der Waals surface area contributed by atoms with Gasteiger partial charge in [-0.3, -0.25) is 0 Å². The van der Waals surface area contributed by atoms with Crippen LogP contribution in [0.1, 0.15) is 19.5 Å². The topological polar surface area (TPSA) is 58.3 Å². The summed E-state index contributed by atoms with van der Waals surface area (Å²) in [5.41, 5.74) is 3.44. The maximum Gasteiger partial charge on any atom is 0.227 e. The van der Waals surface area contributed by atoms with Gasteiger partial charge >= 0.3 is 0 Å². The molecular formula is C20H19N5O. The van der Waals surface area contributed by atoms with Crippen molar-refractivity contribution in [3.05, 3.63) is 48.4 Å². The molecule has 0 bridgehead atoms. The summed E-state index contributed by atoms with van der Waals surface area (Å²) in [4.78, 5) is 18.1. The van der Waals surface area contributed by atoms with Crippen molar-refractivity contribution in [1.82, 2.24) is 15.0 Å². The number of furan rings is 1. The minimum atomic E-state index is 0.328. The first-order valence-corrected chi connectivity index (χ1v) is 8.77. The molecule has 0 aliphatic carbocycles. The van der Waals surface area contributed by atoms with Gasteiger partial charge in [-0.2, -0.15) is 0 Å². The summed E-state index contributed by atoms with van der Waals surface area (Å²) >= 11 is 0. The smallest absolute Gasteiger partial charge is 0.227 e. The fourth-order valence-corrected chi connectivity index (χ4v) is 3.57. The summed E-state index contributed by atoms with van der Waals surface area (Å²) < 4.78 is 6.17. The predicted molar refractivity (Wildman–Crippen MR) is 103 cm³/mol. The zero-order valence-corrected chi connectivity index (χ0v) is 15.0. The lowest BCUT2D eigenvalue weighted by atomic mass is 10.1. The van der Waals surface area contributed by atoms with Crippen LogP contribution in [0.4, 0.5) is 17.3 Å². The molecule has 0 atom stereocenters. The van der Waals surface area contributed by atoms with Crippen molar-refractivity contribution in [2.24, 2.45) is 0 Å². The third-order valence-electron chi connectivity index (χ3n) is 4.88. The SMILES string of the molecule is Cc1ccc2c(n1)oc1c(N3CN(C(C)C)c4nccnc43)cccc12. The van der Waals surface area contributed by atoms with Crippen molar-refractivity contribution in [3.63, 3.8) is 0 Å². The number of nitrogens with zero attached hydrogens (tertiary/aromatic N) is 5. The molecule has 0 N–H and O–H groups in total. The van der Waals surface area contributed by atoms with E-state index in [1.54, 1.807) is 12.4 Å². The summed E-state index contributed by atoms with van der Waals surface area (Å²) in [5.74, 6) is 1.77. The Kier molecular flexibility index (Phi) is 3.16. The molecule has 1 aliphatic heterocycles. The third kappa shape index (κ3) is 2.08. The van der Waals surface area contributed by atoms with Crippen LogP contribution >= 0.6 is 0 Å². The first-order chi connectivity index (χ1) is 12.6. The Labute approximate surface area is 151 Å². The van der Waals surface area contributed by atoms with E-state index in [4.69, 9.17) is 4.42 Å². The maximum absolute atomic E-state index is 6.17. The number of benzene rings is 1. The van der Waals surface area contributed by atoms with E-state index in [-0.39, 0.29) is 0 Å². The van der Waals surface area contributed by atoms with Crippen molar-refractivity contribution < 1.29 is 4.42 Å². The Balaban J connectivity index is 1.74. The highest BCUT2D eigenvalue weighted by atomic mass is 16.3. The van der Waals surface area contributed by atoms with Gasteiger partial charge in [0.1, 0.15) is 0 Å². The van der Waals surface area contributed by atoms with E-state index >= 15 is 0 Å². The first kappa shape index (κ1) is 15.1. The van der Waals surface area contributed by atoms with Gasteiger partial charge in [-0.25, -0.2) is 15.0 Å². The van der Waals surface area contributed by atoms with Crippen molar-refractivity contribution in [2.75, 3.05) is 16.5 Å². The number of anilines is 3. The number of pyridine rings is 1. The quantitative estimate of drug-likeness (QED) is 0.536. The van der Waals surface area contributed by atoms with Crippen LogP contribution in [0.15, 0.2) is 47.1 Å². The van der Waals surface area contributed by atoms with Crippen LogP contribution in [-0.2, 0) is 0 Å². The van der Waals surface area contributed by atoms with Gasteiger partial charge in [-0.15, -0.1) is 0 Å². The zero-order valence-electron chi connectivity index (χ0n) is 15.0. The van der Waals surface area contributed by atoms with Crippen LogP contribution in [0.25, 0.3) is 22.1 Å². The minimum absolute atomic E-state index is 0.328. The number of hydrogen-bond acceptors (Lipinski definition) is 6.